The second kappa shape index (κ2) is 5.44. The molecule has 0 saturated carbocycles. The number of aromatic hydroxyl groups is 1. The molecule has 1 aliphatic heterocycles. The van der Waals surface area contributed by atoms with Crippen LogP contribution in [0.3, 0.4) is 0 Å². The normalized spacial score (nSPS) is 16.1. The van der Waals surface area contributed by atoms with Gasteiger partial charge in [0.2, 0.25) is 5.91 Å². The van der Waals surface area contributed by atoms with E-state index in [1.165, 1.54) is 11.1 Å². The number of hydrogen-bond acceptors (Lipinski definition) is 4. The van der Waals surface area contributed by atoms with Gasteiger partial charge in [-0.2, -0.15) is 0 Å². The Morgan fingerprint density at radius 3 is 3.05 bits per heavy atom. The van der Waals surface area contributed by atoms with Gasteiger partial charge >= 0.3 is 0 Å². The molecular formula is C16H17N3O2. The van der Waals surface area contributed by atoms with Gasteiger partial charge in [-0.3, -0.25) is 9.78 Å². The lowest BCUT2D eigenvalue weighted by Crippen LogP contribution is -2.38. The largest absolute Gasteiger partial charge is 0.506 e. The van der Waals surface area contributed by atoms with Gasteiger partial charge in [0.05, 0.1) is 6.54 Å². The van der Waals surface area contributed by atoms with Gasteiger partial charge in [-0.05, 0) is 36.2 Å². The van der Waals surface area contributed by atoms with Crippen molar-refractivity contribution in [1.82, 2.24) is 10.3 Å². The lowest BCUT2D eigenvalue weighted by atomic mass is 10.0. The molecule has 1 aromatic carbocycles. The summed E-state index contributed by atoms with van der Waals surface area (Å²) in [5.41, 5.74) is 3.88. The Hall–Kier alpha value is -2.56. The second-order valence-electron chi connectivity index (χ2n) is 5.19. The number of benzene rings is 1. The summed E-state index contributed by atoms with van der Waals surface area (Å²) in [5.74, 6) is 0.00645. The monoisotopic (exact) mass is 283 g/mol. The lowest BCUT2D eigenvalue weighted by molar-refractivity contribution is -0.121. The van der Waals surface area contributed by atoms with Gasteiger partial charge in [-0.15, -0.1) is 0 Å². The molecule has 3 rings (SSSR count). The lowest BCUT2D eigenvalue weighted by Gasteiger charge is -2.12. The third-order valence-electron chi connectivity index (χ3n) is 3.76. The summed E-state index contributed by atoms with van der Waals surface area (Å²) < 4.78 is 0. The molecule has 0 aliphatic carbocycles. The van der Waals surface area contributed by atoms with Crippen LogP contribution in [0.5, 0.6) is 5.75 Å². The first kappa shape index (κ1) is 13.4. The number of pyridine rings is 1. The third-order valence-corrected chi connectivity index (χ3v) is 3.76. The highest BCUT2D eigenvalue weighted by Crippen LogP contribution is 2.28. The van der Waals surface area contributed by atoms with Crippen molar-refractivity contribution in [1.29, 1.82) is 0 Å². The summed E-state index contributed by atoms with van der Waals surface area (Å²) in [6.45, 7) is 2.27. The predicted octanol–water partition coefficient (Wildman–Crippen LogP) is 1.75. The number of aryl methyl sites for hydroxylation is 1. The van der Waals surface area contributed by atoms with Gasteiger partial charge < -0.3 is 15.7 Å². The summed E-state index contributed by atoms with van der Waals surface area (Å²) in [6, 6.07) is 8.95. The van der Waals surface area contributed by atoms with Crippen molar-refractivity contribution in [2.75, 3.05) is 5.32 Å². The highest BCUT2D eigenvalue weighted by Gasteiger charge is 2.27. The van der Waals surface area contributed by atoms with E-state index in [-0.39, 0.29) is 24.2 Å². The zero-order valence-corrected chi connectivity index (χ0v) is 11.8. The fraction of sp³-hybridized carbons (Fsp3) is 0.250. The van der Waals surface area contributed by atoms with Crippen LogP contribution in [0.4, 0.5) is 5.69 Å². The van der Waals surface area contributed by atoms with Crippen LogP contribution in [0, 0.1) is 6.92 Å². The van der Waals surface area contributed by atoms with E-state index >= 15 is 0 Å². The SMILES string of the molecule is Cc1cccc2c1CC(C(=O)NCc1ncccc1O)N2. The number of aromatic nitrogens is 1. The Kier molecular flexibility index (Phi) is 3.48. The molecule has 1 aliphatic rings. The van der Waals surface area contributed by atoms with E-state index in [2.05, 4.69) is 15.6 Å². The van der Waals surface area contributed by atoms with Gasteiger partial charge in [0.15, 0.2) is 0 Å². The van der Waals surface area contributed by atoms with Crippen molar-refractivity contribution in [3.05, 3.63) is 53.3 Å². The van der Waals surface area contributed by atoms with Crippen LogP contribution < -0.4 is 10.6 Å². The zero-order chi connectivity index (χ0) is 14.8. The van der Waals surface area contributed by atoms with E-state index in [0.29, 0.717) is 12.1 Å². The van der Waals surface area contributed by atoms with Crippen LogP contribution in [-0.4, -0.2) is 22.0 Å². The first-order valence-corrected chi connectivity index (χ1v) is 6.91. The number of nitrogens with zero attached hydrogens (tertiary/aromatic N) is 1. The van der Waals surface area contributed by atoms with Crippen molar-refractivity contribution in [3.63, 3.8) is 0 Å². The smallest absolute Gasteiger partial charge is 0.243 e. The Morgan fingerprint density at radius 1 is 1.43 bits per heavy atom. The molecule has 1 unspecified atom stereocenters. The van der Waals surface area contributed by atoms with Crippen LogP contribution in [0.15, 0.2) is 36.5 Å². The van der Waals surface area contributed by atoms with Crippen LogP contribution in [0.2, 0.25) is 0 Å². The van der Waals surface area contributed by atoms with Crippen LogP contribution >= 0.6 is 0 Å². The van der Waals surface area contributed by atoms with Gasteiger partial charge in [-0.25, -0.2) is 0 Å². The summed E-state index contributed by atoms with van der Waals surface area (Å²) >= 11 is 0. The number of carbonyl (C=O) groups excluding carboxylic acids is 1. The number of nitrogens with one attached hydrogen (secondary N) is 2. The maximum atomic E-state index is 12.2. The standard InChI is InChI=1S/C16H17N3O2/c1-10-4-2-5-12-11(10)8-13(19-12)16(21)18-9-14-15(20)6-3-7-17-14/h2-7,13,19-20H,8-9H2,1H3,(H,18,21). The number of carbonyl (C=O) groups is 1. The molecule has 0 radical (unpaired) electrons. The first-order valence-electron chi connectivity index (χ1n) is 6.91. The maximum absolute atomic E-state index is 12.2. The molecule has 1 amide bonds. The number of amides is 1. The minimum Gasteiger partial charge on any atom is -0.506 e. The fourth-order valence-electron chi connectivity index (χ4n) is 2.57. The molecule has 1 atom stereocenters. The Bertz CT molecular complexity index is 685. The highest BCUT2D eigenvalue weighted by atomic mass is 16.3. The number of anilines is 1. The van der Waals surface area contributed by atoms with Crippen molar-refractivity contribution in [3.8, 4) is 5.75 Å². The van der Waals surface area contributed by atoms with E-state index in [1.54, 1.807) is 18.3 Å². The summed E-state index contributed by atoms with van der Waals surface area (Å²) in [7, 11) is 0. The Labute approximate surface area is 123 Å². The number of fused-ring (bicyclic) bond motifs is 1. The quantitative estimate of drug-likeness (QED) is 0.802. The van der Waals surface area contributed by atoms with Crippen LogP contribution in [0.1, 0.15) is 16.8 Å². The first-order chi connectivity index (χ1) is 10.1. The van der Waals surface area contributed by atoms with Gasteiger partial charge in [0.1, 0.15) is 17.5 Å². The fourth-order valence-corrected chi connectivity index (χ4v) is 2.57. The maximum Gasteiger partial charge on any atom is 0.243 e. The predicted molar refractivity (Wildman–Crippen MR) is 80.0 cm³/mol. The molecule has 108 valence electrons. The second-order valence-corrected chi connectivity index (χ2v) is 5.19. The third kappa shape index (κ3) is 2.67. The molecule has 5 nitrogen and oxygen atoms in total. The summed E-state index contributed by atoms with van der Waals surface area (Å²) in [5, 5.41) is 15.7. The van der Waals surface area contributed by atoms with Gasteiger partial charge in [0.25, 0.3) is 0 Å². The minimum atomic E-state index is -0.271. The molecule has 0 fully saturated rings. The van der Waals surface area contributed by atoms with Crippen molar-refractivity contribution in [2.24, 2.45) is 0 Å². The van der Waals surface area contributed by atoms with Crippen LogP contribution in [-0.2, 0) is 17.8 Å². The summed E-state index contributed by atoms with van der Waals surface area (Å²) in [6.07, 6.45) is 2.27. The highest BCUT2D eigenvalue weighted by molar-refractivity contribution is 5.87. The minimum absolute atomic E-state index is 0.0874. The molecule has 0 spiro atoms. The number of rotatable bonds is 3. The molecule has 21 heavy (non-hydrogen) atoms. The van der Waals surface area contributed by atoms with Crippen molar-refractivity contribution >= 4 is 11.6 Å². The van der Waals surface area contributed by atoms with Crippen molar-refractivity contribution in [2.45, 2.75) is 25.9 Å². The topological polar surface area (TPSA) is 74.2 Å². The average molecular weight is 283 g/mol. The molecule has 0 bridgehead atoms. The van der Waals surface area contributed by atoms with E-state index in [0.717, 1.165) is 5.69 Å². The number of hydrogen-bond donors (Lipinski definition) is 3. The van der Waals surface area contributed by atoms with Crippen LogP contribution in [0.25, 0.3) is 0 Å². The molecule has 2 heterocycles. The Morgan fingerprint density at radius 2 is 2.29 bits per heavy atom. The zero-order valence-electron chi connectivity index (χ0n) is 11.8. The van der Waals surface area contributed by atoms with E-state index < -0.39 is 0 Å². The average Bonchev–Trinajstić information content (AvgIpc) is 2.92. The Balaban J connectivity index is 1.63. The van der Waals surface area contributed by atoms with Gasteiger partial charge in [0, 0.05) is 18.3 Å². The molecule has 0 saturated heterocycles. The van der Waals surface area contributed by atoms with Gasteiger partial charge in [-0.1, -0.05) is 12.1 Å². The van der Waals surface area contributed by atoms with E-state index in [9.17, 15) is 9.90 Å². The summed E-state index contributed by atoms with van der Waals surface area (Å²) in [4.78, 5) is 16.3. The van der Waals surface area contributed by atoms with E-state index in [1.807, 2.05) is 25.1 Å². The molecule has 3 N–H and O–H groups in total. The molecule has 2 aromatic rings. The molecular weight excluding hydrogens is 266 g/mol. The molecule has 1 aromatic heterocycles. The molecule has 5 heteroatoms. The van der Waals surface area contributed by atoms with Crippen molar-refractivity contribution < 1.29 is 9.90 Å². The van der Waals surface area contributed by atoms with E-state index in [4.69, 9.17) is 0 Å².